The van der Waals surface area contributed by atoms with E-state index < -0.39 is 0 Å². The summed E-state index contributed by atoms with van der Waals surface area (Å²) >= 11 is 0. The molecular weight excluding hydrogens is 366 g/mol. The summed E-state index contributed by atoms with van der Waals surface area (Å²) in [5.41, 5.74) is 3.24. The zero-order valence-electron chi connectivity index (χ0n) is 17.4. The Bertz CT molecular complexity index is 897. The van der Waals surface area contributed by atoms with E-state index in [9.17, 15) is 0 Å². The van der Waals surface area contributed by atoms with Crippen LogP contribution in [0.15, 0.2) is 36.7 Å². The Morgan fingerprint density at radius 2 is 2.03 bits per heavy atom. The van der Waals surface area contributed by atoms with Crippen molar-refractivity contribution in [3.63, 3.8) is 0 Å². The van der Waals surface area contributed by atoms with Gasteiger partial charge < -0.3 is 20.1 Å². The van der Waals surface area contributed by atoms with Gasteiger partial charge in [-0.15, -0.1) is 0 Å². The van der Waals surface area contributed by atoms with Gasteiger partial charge >= 0.3 is 0 Å². The van der Waals surface area contributed by atoms with Crippen molar-refractivity contribution in [3.8, 4) is 11.5 Å². The summed E-state index contributed by atoms with van der Waals surface area (Å²) in [6, 6.07) is 8.28. The molecule has 3 heterocycles. The van der Waals surface area contributed by atoms with Crippen LogP contribution in [0.2, 0.25) is 0 Å². The Morgan fingerprint density at radius 1 is 1.17 bits per heavy atom. The third kappa shape index (κ3) is 4.62. The van der Waals surface area contributed by atoms with Gasteiger partial charge in [-0.25, -0.2) is 9.97 Å². The molecule has 0 spiro atoms. The number of ether oxygens (including phenoxy) is 2. The van der Waals surface area contributed by atoms with Crippen LogP contribution in [0.25, 0.3) is 0 Å². The fraction of sp³-hybridized carbons (Fsp3) is 0.455. The van der Waals surface area contributed by atoms with Crippen molar-refractivity contribution in [2.45, 2.75) is 39.0 Å². The number of rotatable bonds is 8. The zero-order valence-corrected chi connectivity index (χ0v) is 17.4. The average Bonchev–Trinajstić information content (AvgIpc) is 3.38. The van der Waals surface area contributed by atoms with Gasteiger partial charge in [-0.2, -0.15) is 0 Å². The molecule has 0 fully saturated rings. The van der Waals surface area contributed by atoms with E-state index >= 15 is 0 Å². The lowest BCUT2D eigenvalue weighted by atomic mass is 9.88. The van der Waals surface area contributed by atoms with Gasteiger partial charge in [0.05, 0.1) is 12.4 Å². The molecule has 154 valence electrons. The van der Waals surface area contributed by atoms with Crippen molar-refractivity contribution in [3.05, 3.63) is 53.6 Å². The summed E-state index contributed by atoms with van der Waals surface area (Å²) in [5, 5.41) is 6.76. The van der Waals surface area contributed by atoms with Crippen LogP contribution in [0.1, 0.15) is 37.2 Å². The number of nitrogens with one attached hydrogen (secondary N) is 2. The first-order valence-electron chi connectivity index (χ1n) is 10.1. The second kappa shape index (κ2) is 8.29. The minimum Gasteiger partial charge on any atom is -0.454 e. The van der Waals surface area contributed by atoms with Gasteiger partial charge in [-0.1, -0.05) is 19.9 Å². The lowest BCUT2D eigenvalue weighted by Gasteiger charge is -2.26. The van der Waals surface area contributed by atoms with E-state index in [0.29, 0.717) is 13.5 Å². The molecule has 4 rings (SSSR count). The number of benzene rings is 1. The molecule has 2 aromatic rings. The molecule has 0 amide bonds. The largest absolute Gasteiger partial charge is 0.454 e. The Kier molecular flexibility index (Phi) is 5.58. The van der Waals surface area contributed by atoms with Crippen molar-refractivity contribution in [1.82, 2.24) is 20.6 Å². The molecule has 0 bridgehead atoms. The topological polar surface area (TPSA) is 71.5 Å². The lowest BCUT2D eigenvalue weighted by Crippen LogP contribution is -2.35. The minimum atomic E-state index is -0.0853. The van der Waals surface area contributed by atoms with Gasteiger partial charge in [0.25, 0.3) is 0 Å². The number of anilines is 1. The molecule has 0 saturated carbocycles. The van der Waals surface area contributed by atoms with Crippen LogP contribution in [-0.2, 0) is 11.8 Å². The van der Waals surface area contributed by atoms with Crippen LogP contribution in [-0.4, -0.2) is 36.5 Å². The second-order valence-electron chi connectivity index (χ2n) is 8.19. The Labute approximate surface area is 172 Å². The van der Waals surface area contributed by atoms with Crippen molar-refractivity contribution in [2.24, 2.45) is 0 Å². The van der Waals surface area contributed by atoms with Crippen LogP contribution >= 0.6 is 0 Å². The lowest BCUT2D eigenvalue weighted by molar-refractivity contribution is 0.174. The summed E-state index contributed by atoms with van der Waals surface area (Å²) in [5.74, 6) is 2.44. The van der Waals surface area contributed by atoms with Crippen molar-refractivity contribution in [2.75, 3.05) is 31.5 Å². The van der Waals surface area contributed by atoms with E-state index in [2.05, 4.69) is 47.7 Å². The first-order valence-corrected chi connectivity index (χ1v) is 10.1. The zero-order chi connectivity index (χ0) is 20.3. The summed E-state index contributed by atoms with van der Waals surface area (Å²) < 4.78 is 10.8. The number of aromatic nitrogens is 2. The van der Waals surface area contributed by atoms with Crippen LogP contribution in [0, 0.1) is 6.92 Å². The highest BCUT2D eigenvalue weighted by molar-refractivity contribution is 5.44. The highest BCUT2D eigenvalue weighted by atomic mass is 16.7. The first-order chi connectivity index (χ1) is 14.0. The molecule has 0 aliphatic carbocycles. The maximum absolute atomic E-state index is 5.45. The van der Waals surface area contributed by atoms with Crippen molar-refractivity contribution >= 4 is 5.95 Å². The fourth-order valence-electron chi connectivity index (χ4n) is 3.52. The van der Waals surface area contributed by atoms with E-state index in [1.165, 1.54) is 5.56 Å². The molecule has 2 aliphatic rings. The maximum atomic E-state index is 5.45. The van der Waals surface area contributed by atoms with Gasteiger partial charge in [0.1, 0.15) is 0 Å². The third-order valence-electron chi connectivity index (χ3n) is 5.25. The Morgan fingerprint density at radius 3 is 2.86 bits per heavy atom. The normalized spacial score (nSPS) is 15.1. The van der Waals surface area contributed by atoms with Crippen LogP contribution < -0.4 is 25.0 Å². The Hall–Kier alpha value is -2.80. The minimum absolute atomic E-state index is 0.0853. The number of hydrogen-bond donors (Lipinski definition) is 2. The molecule has 2 aliphatic heterocycles. The van der Waals surface area contributed by atoms with Crippen molar-refractivity contribution < 1.29 is 9.47 Å². The molecule has 29 heavy (non-hydrogen) atoms. The molecule has 1 aromatic heterocycles. The van der Waals surface area contributed by atoms with Gasteiger partial charge in [-0.3, -0.25) is 4.90 Å². The predicted molar refractivity (Wildman–Crippen MR) is 113 cm³/mol. The smallest absolute Gasteiger partial charge is 0.231 e. The van der Waals surface area contributed by atoms with E-state index in [-0.39, 0.29) is 5.41 Å². The van der Waals surface area contributed by atoms with Crippen LogP contribution in [0.3, 0.4) is 0 Å². The standard InChI is InChI=1S/C22H29N5O2/c1-16-11-20(26-21(25-16)27-10-9-24-14-27)22(2,3)13-23-8-4-5-17-6-7-18-19(12-17)29-15-28-18/h6-7,9-12,23-24H,4-5,8,13-15H2,1-3H3. The number of fused-ring (bicyclic) bond motifs is 1. The number of nitrogens with zero attached hydrogens (tertiary/aromatic N) is 3. The molecule has 7 heteroatoms. The van der Waals surface area contributed by atoms with E-state index in [4.69, 9.17) is 14.5 Å². The van der Waals surface area contributed by atoms with Crippen molar-refractivity contribution in [1.29, 1.82) is 0 Å². The monoisotopic (exact) mass is 395 g/mol. The van der Waals surface area contributed by atoms with E-state index in [1.54, 1.807) is 0 Å². The summed E-state index contributed by atoms with van der Waals surface area (Å²) in [6.45, 7) is 9.32. The molecule has 2 N–H and O–H groups in total. The molecule has 1 aromatic carbocycles. The average molecular weight is 396 g/mol. The SMILES string of the molecule is Cc1cc(C(C)(C)CNCCCc2ccc3c(c2)OCO3)nc(N2C=CNC2)n1. The van der Waals surface area contributed by atoms with Gasteiger partial charge in [0.15, 0.2) is 11.5 Å². The van der Waals surface area contributed by atoms with Crippen LogP contribution in [0.4, 0.5) is 5.95 Å². The number of hydrogen-bond acceptors (Lipinski definition) is 7. The molecule has 0 unspecified atom stereocenters. The fourth-order valence-corrected chi connectivity index (χ4v) is 3.52. The predicted octanol–water partition coefficient (Wildman–Crippen LogP) is 2.85. The quantitative estimate of drug-likeness (QED) is 0.666. The second-order valence-corrected chi connectivity index (χ2v) is 8.19. The van der Waals surface area contributed by atoms with E-state index in [1.807, 2.05) is 30.3 Å². The molecule has 0 atom stereocenters. The molecular formula is C22H29N5O2. The van der Waals surface area contributed by atoms with Gasteiger partial charge in [0, 0.05) is 30.1 Å². The van der Waals surface area contributed by atoms with Gasteiger partial charge in [0.2, 0.25) is 12.7 Å². The molecule has 7 nitrogen and oxygen atoms in total. The highest BCUT2D eigenvalue weighted by Gasteiger charge is 2.24. The summed E-state index contributed by atoms with van der Waals surface area (Å²) in [6.07, 6.45) is 5.96. The third-order valence-corrected chi connectivity index (χ3v) is 5.25. The summed E-state index contributed by atoms with van der Waals surface area (Å²) in [4.78, 5) is 11.4. The first kappa shape index (κ1) is 19.5. The highest BCUT2D eigenvalue weighted by Crippen LogP contribution is 2.32. The maximum Gasteiger partial charge on any atom is 0.231 e. The van der Waals surface area contributed by atoms with E-state index in [0.717, 1.165) is 54.8 Å². The number of aryl methyl sites for hydroxylation is 2. The Balaban J connectivity index is 1.29. The molecule has 0 saturated heterocycles. The summed E-state index contributed by atoms with van der Waals surface area (Å²) in [7, 11) is 0. The van der Waals surface area contributed by atoms with Gasteiger partial charge in [-0.05, 0) is 50.1 Å². The van der Waals surface area contributed by atoms with Crippen LogP contribution in [0.5, 0.6) is 11.5 Å². The molecule has 0 radical (unpaired) electrons.